The molecule has 0 amide bonds. The lowest BCUT2D eigenvalue weighted by atomic mass is 10.1. The van der Waals surface area contributed by atoms with E-state index in [9.17, 15) is 9.90 Å². The summed E-state index contributed by atoms with van der Waals surface area (Å²) in [5.41, 5.74) is 1.18. The summed E-state index contributed by atoms with van der Waals surface area (Å²) in [4.78, 5) is 12.0. The van der Waals surface area contributed by atoms with Crippen LogP contribution in [-0.2, 0) is 6.54 Å². The molecule has 0 bridgehead atoms. The molecule has 0 aliphatic heterocycles. The van der Waals surface area contributed by atoms with Gasteiger partial charge in [0.15, 0.2) is 17.3 Å². The number of rotatable bonds is 5. The third-order valence-electron chi connectivity index (χ3n) is 2.85. The topological polar surface area (TPSA) is 64.4 Å². The van der Waals surface area contributed by atoms with Crippen molar-refractivity contribution >= 4 is 11.9 Å². The van der Waals surface area contributed by atoms with Gasteiger partial charge in [-0.2, -0.15) is 5.10 Å². The Morgan fingerprint density at radius 3 is 2.90 bits per heavy atom. The average Bonchev–Trinajstić information content (AvgIpc) is 2.93. The van der Waals surface area contributed by atoms with Crippen molar-refractivity contribution in [1.82, 2.24) is 9.78 Å². The number of aromatic hydroxyl groups is 1. The zero-order chi connectivity index (χ0) is 14.5. The monoisotopic (exact) mass is 272 g/mol. The average molecular weight is 272 g/mol. The van der Waals surface area contributed by atoms with Gasteiger partial charge in [-0.3, -0.25) is 9.48 Å². The zero-order valence-corrected chi connectivity index (χ0v) is 11.4. The Balaban J connectivity index is 2.15. The number of aryl methyl sites for hydroxylation is 1. The Bertz CT molecular complexity index is 644. The van der Waals surface area contributed by atoms with Gasteiger partial charge in [-0.1, -0.05) is 0 Å². The number of allylic oxidation sites excluding steroid dienone is 1. The van der Waals surface area contributed by atoms with Crippen LogP contribution in [0.2, 0.25) is 0 Å². The number of hydrogen-bond donors (Lipinski definition) is 1. The maximum absolute atomic E-state index is 12.0. The number of aromatic nitrogens is 2. The minimum atomic E-state index is -0.172. The summed E-state index contributed by atoms with van der Waals surface area (Å²) >= 11 is 0. The van der Waals surface area contributed by atoms with E-state index in [0.717, 1.165) is 12.2 Å². The fourth-order valence-electron chi connectivity index (χ4n) is 1.73. The number of phenols is 1. The summed E-state index contributed by atoms with van der Waals surface area (Å²) in [7, 11) is 1.44. The second-order valence-corrected chi connectivity index (χ2v) is 4.18. The molecule has 0 aliphatic carbocycles. The molecule has 20 heavy (non-hydrogen) atoms. The normalized spacial score (nSPS) is 10.9. The second-order valence-electron chi connectivity index (χ2n) is 4.18. The van der Waals surface area contributed by atoms with Crippen molar-refractivity contribution in [2.45, 2.75) is 13.5 Å². The first-order chi connectivity index (χ1) is 9.63. The SMILES string of the molecule is CCn1ccc(/C=C/C(=O)c2ccc(O)c(OC)c2)n1. The third kappa shape index (κ3) is 3.06. The Kier molecular flexibility index (Phi) is 4.20. The maximum atomic E-state index is 12.0. The summed E-state index contributed by atoms with van der Waals surface area (Å²) in [6.45, 7) is 2.78. The van der Waals surface area contributed by atoms with Crippen LogP contribution in [0.25, 0.3) is 6.08 Å². The molecule has 0 saturated heterocycles. The van der Waals surface area contributed by atoms with Crippen molar-refractivity contribution < 1.29 is 14.6 Å². The molecular formula is C15H16N2O3. The van der Waals surface area contributed by atoms with Gasteiger partial charge in [-0.05, 0) is 43.3 Å². The molecular weight excluding hydrogens is 256 g/mol. The number of benzene rings is 1. The van der Waals surface area contributed by atoms with Crippen LogP contribution >= 0.6 is 0 Å². The lowest BCUT2D eigenvalue weighted by Gasteiger charge is -2.04. The van der Waals surface area contributed by atoms with Crippen LogP contribution < -0.4 is 4.74 Å². The highest BCUT2D eigenvalue weighted by molar-refractivity contribution is 6.07. The van der Waals surface area contributed by atoms with Crippen LogP contribution in [0.3, 0.4) is 0 Å². The van der Waals surface area contributed by atoms with Crippen LogP contribution in [-0.4, -0.2) is 27.8 Å². The lowest BCUT2D eigenvalue weighted by molar-refractivity contribution is 0.104. The van der Waals surface area contributed by atoms with E-state index in [0.29, 0.717) is 5.56 Å². The van der Waals surface area contributed by atoms with E-state index in [2.05, 4.69) is 5.10 Å². The Hall–Kier alpha value is -2.56. The Morgan fingerprint density at radius 2 is 2.25 bits per heavy atom. The largest absolute Gasteiger partial charge is 0.504 e. The van der Waals surface area contributed by atoms with Crippen molar-refractivity contribution in [2.24, 2.45) is 0 Å². The maximum Gasteiger partial charge on any atom is 0.186 e. The summed E-state index contributed by atoms with van der Waals surface area (Å²) < 4.78 is 6.76. The van der Waals surface area contributed by atoms with Crippen LogP contribution in [0.15, 0.2) is 36.5 Å². The molecule has 5 heteroatoms. The quantitative estimate of drug-likeness (QED) is 0.671. The van der Waals surface area contributed by atoms with Gasteiger partial charge in [-0.15, -0.1) is 0 Å². The fourth-order valence-corrected chi connectivity index (χ4v) is 1.73. The number of nitrogens with zero attached hydrogens (tertiary/aromatic N) is 2. The van der Waals surface area contributed by atoms with Crippen molar-refractivity contribution in [3.05, 3.63) is 47.8 Å². The van der Waals surface area contributed by atoms with E-state index >= 15 is 0 Å². The van der Waals surface area contributed by atoms with Crippen molar-refractivity contribution in [1.29, 1.82) is 0 Å². The van der Waals surface area contributed by atoms with Gasteiger partial charge in [0, 0.05) is 18.3 Å². The van der Waals surface area contributed by atoms with E-state index in [1.54, 1.807) is 16.8 Å². The predicted molar refractivity (Wildman–Crippen MR) is 75.9 cm³/mol. The number of ketones is 1. The number of ether oxygens (including phenoxy) is 1. The number of carbonyl (C=O) groups excluding carboxylic acids is 1. The number of hydrogen-bond acceptors (Lipinski definition) is 4. The van der Waals surface area contributed by atoms with Gasteiger partial charge in [0.1, 0.15) is 0 Å². The van der Waals surface area contributed by atoms with E-state index in [1.807, 2.05) is 19.2 Å². The molecule has 0 atom stereocenters. The van der Waals surface area contributed by atoms with Crippen LogP contribution in [0.4, 0.5) is 0 Å². The highest BCUT2D eigenvalue weighted by Gasteiger charge is 2.07. The molecule has 0 spiro atoms. The standard InChI is InChI=1S/C15H16N2O3/c1-3-17-9-8-12(16-17)5-7-13(18)11-4-6-14(19)15(10-11)20-2/h4-10,19H,3H2,1-2H3/b7-5+. The number of methoxy groups -OCH3 is 1. The molecule has 0 aliphatic rings. The molecule has 1 aromatic heterocycles. The van der Waals surface area contributed by atoms with E-state index in [-0.39, 0.29) is 17.3 Å². The lowest BCUT2D eigenvalue weighted by Crippen LogP contribution is -1.96. The first-order valence-electron chi connectivity index (χ1n) is 6.27. The fraction of sp³-hybridized carbons (Fsp3) is 0.200. The van der Waals surface area contributed by atoms with Crippen molar-refractivity contribution in [3.63, 3.8) is 0 Å². The van der Waals surface area contributed by atoms with E-state index < -0.39 is 0 Å². The first kappa shape index (κ1) is 13.9. The van der Waals surface area contributed by atoms with E-state index in [1.165, 1.54) is 25.3 Å². The third-order valence-corrected chi connectivity index (χ3v) is 2.85. The second kappa shape index (κ2) is 6.06. The Morgan fingerprint density at radius 1 is 1.45 bits per heavy atom. The molecule has 0 fully saturated rings. The minimum absolute atomic E-state index is 0.00900. The number of phenolic OH excluding ortho intramolecular Hbond substituents is 1. The highest BCUT2D eigenvalue weighted by atomic mass is 16.5. The highest BCUT2D eigenvalue weighted by Crippen LogP contribution is 2.26. The molecule has 0 unspecified atom stereocenters. The van der Waals surface area contributed by atoms with E-state index in [4.69, 9.17) is 4.74 Å². The van der Waals surface area contributed by atoms with Gasteiger partial charge in [-0.25, -0.2) is 0 Å². The zero-order valence-electron chi connectivity index (χ0n) is 11.4. The molecule has 2 aromatic rings. The van der Waals surface area contributed by atoms with Gasteiger partial charge in [0.05, 0.1) is 12.8 Å². The molecule has 0 saturated carbocycles. The van der Waals surface area contributed by atoms with Crippen LogP contribution in [0.1, 0.15) is 23.0 Å². The molecule has 2 rings (SSSR count). The smallest absolute Gasteiger partial charge is 0.186 e. The summed E-state index contributed by atoms with van der Waals surface area (Å²) in [6, 6.07) is 6.33. The molecule has 1 heterocycles. The summed E-state index contributed by atoms with van der Waals surface area (Å²) in [5.74, 6) is 0.114. The van der Waals surface area contributed by atoms with Crippen LogP contribution in [0, 0.1) is 0 Å². The summed E-state index contributed by atoms with van der Waals surface area (Å²) in [5, 5.41) is 13.7. The van der Waals surface area contributed by atoms with Gasteiger partial charge < -0.3 is 9.84 Å². The molecule has 1 aromatic carbocycles. The molecule has 1 N–H and O–H groups in total. The van der Waals surface area contributed by atoms with Crippen molar-refractivity contribution in [2.75, 3.05) is 7.11 Å². The summed E-state index contributed by atoms with van der Waals surface area (Å²) in [6.07, 6.45) is 4.97. The minimum Gasteiger partial charge on any atom is -0.504 e. The van der Waals surface area contributed by atoms with Gasteiger partial charge in [0.2, 0.25) is 0 Å². The Labute approximate surface area is 117 Å². The molecule has 104 valence electrons. The first-order valence-corrected chi connectivity index (χ1v) is 6.27. The number of carbonyl (C=O) groups is 1. The molecule has 0 radical (unpaired) electrons. The molecule has 5 nitrogen and oxygen atoms in total. The van der Waals surface area contributed by atoms with Gasteiger partial charge >= 0.3 is 0 Å². The predicted octanol–water partition coefficient (Wildman–Crippen LogP) is 2.51. The van der Waals surface area contributed by atoms with Crippen LogP contribution in [0.5, 0.6) is 11.5 Å². The van der Waals surface area contributed by atoms with Gasteiger partial charge in [0.25, 0.3) is 0 Å². The van der Waals surface area contributed by atoms with Crippen molar-refractivity contribution in [3.8, 4) is 11.5 Å².